The molecule has 0 aromatic rings. The van der Waals surface area contributed by atoms with Crippen LogP contribution < -0.4 is 0 Å². The van der Waals surface area contributed by atoms with Gasteiger partial charge in [-0.05, 0) is 27.7 Å². The molecule has 0 spiro atoms. The standard InChI is InChI=1S/C11H13BF2O8/c1-5(2)19-6(15)10(3,13)7(16)20-12-21-8(17)11(4,14)9(18)22-12/h5H,1-4H3. The van der Waals surface area contributed by atoms with Gasteiger partial charge in [-0.3, -0.25) is 0 Å². The Bertz CT molecular complexity index is 496. The van der Waals surface area contributed by atoms with E-state index in [9.17, 15) is 28.0 Å². The molecule has 8 nitrogen and oxygen atoms in total. The first-order valence-corrected chi connectivity index (χ1v) is 6.11. The van der Waals surface area contributed by atoms with E-state index in [0.29, 0.717) is 13.8 Å². The van der Waals surface area contributed by atoms with Crippen molar-refractivity contribution in [3.63, 3.8) is 0 Å². The lowest BCUT2D eigenvalue weighted by Crippen LogP contribution is -2.55. The highest BCUT2D eigenvalue weighted by Crippen LogP contribution is 2.23. The van der Waals surface area contributed by atoms with E-state index in [1.807, 2.05) is 0 Å². The third-order valence-corrected chi connectivity index (χ3v) is 2.49. The van der Waals surface area contributed by atoms with Gasteiger partial charge >= 0.3 is 31.2 Å². The Balaban J connectivity index is 2.75. The number of hydrogen-bond acceptors (Lipinski definition) is 8. The van der Waals surface area contributed by atoms with Crippen molar-refractivity contribution in [1.82, 2.24) is 0 Å². The number of alkyl halides is 2. The van der Waals surface area contributed by atoms with Crippen LogP contribution >= 0.6 is 0 Å². The number of carbonyl (C=O) groups excluding carboxylic acids is 4. The number of halogens is 2. The van der Waals surface area contributed by atoms with Crippen LogP contribution in [0.3, 0.4) is 0 Å². The lowest BCUT2D eigenvalue weighted by molar-refractivity contribution is -0.178. The minimum absolute atomic E-state index is 0.547. The molecule has 122 valence electrons. The smallest absolute Gasteiger partial charge is 0.460 e. The van der Waals surface area contributed by atoms with E-state index in [1.165, 1.54) is 13.8 Å². The molecule has 11 heteroatoms. The highest BCUT2D eigenvalue weighted by molar-refractivity contribution is 6.47. The van der Waals surface area contributed by atoms with Gasteiger partial charge in [0.25, 0.3) is 11.3 Å². The zero-order chi connectivity index (χ0) is 17.3. The van der Waals surface area contributed by atoms with Gasteiger partial charge in [-0.15, -0.1) is 0 Å². The normalized spacial score (nSPS) is 19.9. The van der Waals surface area contributed by atoms with Crippen molar-refractivity contribution in [2.24, 2.45) is 0 Å². The molecule has 0 aromatic carbocycles. The van der Waals surface area contributed by atoms with Gasteiger partial charge < -0.3 is 18.7 Å². The maximum atomic E-state index is 14.0. The predicted octanol–water partition coefficient (Wildman–Crippen LogP) is 0.0225. The molecule has 0 aromatic heterocycles. The van der Waals surface area contributed by atoms with E-state index in [-0.39, 0.29) is 0 Å². The first-order chi connectivity index (χ1) is 9.88. The van der Waals surface area contributed by atoms with Crippen LogP contribution in [0.5, 0.6) is 0 Å². The number of carbonyl (C=O) groups is 4. The summed E-state index contributed by atoms with van der Waals surface area (Å²) < 4.78 is 44.6. The summed E-state index contributed by atoms with van der Waals surface area (Å²) in [6.45, 7) is 3.97. The molecule has 0 saturated carbocycles. The number of hydrogen-bond donors (Lipinski definition) is 0. The largest absolute Gasteiger partial charge is 0.870 e. The van der Waals surface area contributed by atoms with E-state index in [4.69, 9.17) is 0 Å². The zero-order valence-corrected chi connectivity index (χ0v) is 12.2. The van der Waals surface area contributed by atoms with Crippen molar-refractivity contribution in [3.05, 3.63) is 0 Å². The molecular weight excluding hydrogens is 309 g/mol. The van der Waals surface area contributed by atoms with E-state index < -0.39 is 48.6 Å². The number of rotatable bonds is 4. The van der Waals surface area contributed by atoms with Gasteiger partial charge in [0.15, 0.2) is 0 Å². The molecule has 1 saturated heterocycles. The maximum absolute atomic E-state index is 14.0. The van der Waals surface area contributed by atoms with Crippen LogP contribution in [0.1, 0.15) is 27.7 Å². The highest BCUT2D eigenvalue weighted by atomic mass is 19.1. The topological polar surface area (TPSA) is 105 Å². The lowest BCUT2D eigenvalue weighted by atomic mass is 10.0. The Morgan fingerprint density at radius 2 is 1.68 bits per heavy atom. The highest BCUT2D eigenvalue weighted by Gasteiger charge is 2.58. The van der Waals surface area contributed by atoms with Crippen molar-refractivity contribution in [3.8, 4) is 0 Å². The molecule has 0 aliphatic carbocycles. The van der Waals surface area contributed by atoms with Crippen LogP contribution in [-0.4, -0.2) is 48.6 Å². The molecule has 1 aliphatic rings. The molecule has 0 bridgehead atoms. The van der Waals surface area contributed by atoms with Crippen LogP contribution in [0.15, 0.2) is 0 Å². The fourth-order valence-electron chi connectivity index (χ4n) is 1.16. The molecule has 1 unspecified atom stereocenters. The number of esters is 1. The van der Waals surface area contributed by atoms with Gasteiger partial charge in [0.1, 0.15) is 0 Å². The van der Waals surface area contributed by atoms with Crippen LogP contribution in [0.4, 0.5) is 8.78 Å². The summed E-state index contributed by atoms with van der Waals surface area (Å²) in [6, 6.07) is 0. The molecule has 0 amide bonds. The van der Waals surface area contributed by atoms with Gasteiger partial charge in [-0.1, -0.05) is 0 Å². The first-order valence-electron chi connectivity index (χ1n) is 6.11. The Morgan fingerprint density at radius 1 is 1.23 bits per heavy atom. The van der Waals surface area contributed by atoms with Gasteiger partial charge in [-0.2, -0.15) is 0 Å². The maximum Gasteiger partial charge on any atom is 0.870 e. The molecule has 1 atom stereocenters. The van der Waals surface area contributed by atoms with Crippen molar-refractivity contribution in [2.45, 2.75) is 45.1 Å². The van der Waals surface area contributed by atoms with Gasteiger partial charge in [0, 0.05) is 0 Å². The summed E-state index contributed by atoms with van der Waals surface area (Å²) in [5.74, 6) is -6.72. The van der Waals surface area contributed by atoms with Crippen LogP contribution in [0.25, 0.3) is 0 Å². The molecule has 22 heavy (non-hydrogen) atoms. The zero-order valence-electron chi connectivity index (χ0n) is 12.2. The third-order valence-electron chi connectivity index (χ3n) is 2.49. The fraction of sp³-hybridized carbons (Fsp3) is 0.636. The Morgan fingerprint density at radius 3 is 2.09 bits per heavy atom. The third kappa shape index (κ3) is 3.52. The molecule has 1 rings (SSSR count). The molecule has 0 radical (unpaired) electrons. The predicted molar refractivity (Wildman–Crippen MR) is 64.3 cm³/mol. The van der Waals surface area contributed by atoms with Crippen molar-refractivity contribution in [1.29, 1.82) is 0 Å². The molecular formula is C11H13BF2O8. The molecule has 1 fully saturated rings. The minimum atomic E-state index is -3.24. The fourth-order valence-corrected chi connectivity index (χ4v) is 1.16. The molecule has 1 aliphatic heterocycles. The minimum Gasteiger partial charge on any atom is -0.460 e. The van der Waals surface area contributed by atoms with Crippen molar-refractivity contribution in [2.75, 3.05) is 0 Å². The van der Waals surface area contributed by atoms with Crippen LogP contribution in [0.2, 0.25) is 0 Å². The van der Waals surface area contributed by atoms with E-state index in [2.05, 4.69) is 18.7 Å². The summed E-state index contributed by atoms with van der Waals surface area (Å²) >= 11 is 0. The van der Waals surface area contributed by atoms with Crippen LogP contribution in [0, 0.1) is 0 Å². The van der Waals surface area contributed by atoms with E-state index >= 15 is 0 Å². The quantitative estimate of drug-likeness (QED) is 0.405. The summed E-state index contributed by atoms with van der Waals surface area (Å²) in [4.78, 5) is 45.3. The Kier molecular flexibility index (Phi) is 4.78. The lowest BCUT2D eigenvalue weighted by Gasteiger charge is -2.26. The molecule has 0 N–H and O–H groups in total. The van der Waals surface area contributed by atoms with Gasteiger partial charge in [-0.25, -0.2) is 28.0 Å². The SMILES string of the molecule is CC(C)OC(=O)C(C)(F)C(=O)OB1OC(=O)C(C)(F)C(=O)O1. The van der Waals surface area contributed by atoms with Crippen molar-refractivity contribution >= 4 is 31.2 Å². The Labute approximate surface area is 124 Å². The molecule has 1 heterocycles. The van der Waals surface area contributed by atoms with Crippen LogP contribution in [-0.2, 0) is 37.9 Å². The summed E-state index contributed by atoms with van der Waals surface area (Å²) in [5.41, 5.74) is -6.31. The monoisotopic (exact) mass is 322 g/mol. The van der Waals surface area contributed by atoms with E-state index in [1.54, 1.807) is 0 Å². The summed E-state index contributed by atoms with van der Waals surface area (Å²) in [7, 11) is -2.29. The first kappa shape index (κ1) is 17.9. The number of ether oxygens (including phenoxy) is 1. The second-order valence-corrected chi connectivity index (χ2v) is 4.96. The summed E-state index contributed by atoms with van der Waals surface area (Å²) in [6.07, 6.45) is -0.701. The van der Waals surface area contributed by atoms with E-state index in [0.717, 1.165) is 0 Å². The summed E-state index contributed by atoms with van der Waals surface area (Å²) in [5, 5.41) is 0. The average molecular weight is 322 g/mol. The van der Waals surface area contributed by atoms with Gasteiger partial charge in [0.2, 0.25) is 0 Å². The average Bonchev–Trinajstić information content (AvgIpc) is 2.35. The second kappa shape index (κ2) is 5.89. The second-order valence-electron chi connectivity index (χ2n) is 4.96. The Hall–Kier alpha value is -2.20. The van der Waals surface area contributed by atoms with Crippen molar-refractivity contribution < 1.29 is 46.7 Å². The van der Waals surface area contributed by atoms with Gasteiger partial charge in [0.05, 0.1) is 6.10 Å².